The minimum Gasteiger partial charge on any atom is -0.366 e. The van der Waals surface area contributed by atoms with Crippen LogP contribution in [0.15, 0.2) is 48.5 Å². The zero-order valence-corrected chi connectivity index (χ0v) is 16.7. The zero-order chi connectivity index (χ0) is 21.9. The molecule has 3 rings (SSSR count). The van der Waals surface area contributed by atoms with Crippen LogP contribution in [0.1, 0.15) is 36.6 Å². The van der Waals surface area contributed by atoms with Crippen molar-refractivity contribution < 1.29 is 27.1 Å². The van der Waals surface area contributed by atoms with Gasteiger partial charge in [-0.05, 0) is 43.2 Å². The lowest BCUT2D eigenvalue weighted by Gasteiger charge is -2.41. The molecule has 2 aromatic rings. The molecule has 1 fully saturated rings. The molecule has 0 aromatic heterocycles. The number of alkyl halides is 3. The summed E-state index contributed by atoms with van der Waals surface area (Å²) in [4.78, 5) is 13.6. The summed E-state index contributed by atoms with van der Waals surface area (Å²) in [5.41, 5.74) is -0.0289. The van der Waals surface area contributed by atoms with Crippen molar-refractivity contribution in [2.45, 2.75) is 44.7 Å². The Kier molecular flexibility index (Phi) is 6.65. The smallest absolute Gasteiger partial charge is 0.366 e. The highest BCUT2D eigenvalue weighted by atomic mass is 19.4. The average molecular weight is 424 g/mol. The molecule has 2 aromatic carbocycles. The first kappa shape index (κ1) is 22.1. The number of likely N-dealkylation sites (tertiary alicyclic amines) is 1. The Morgan fingerprint density at radius 2 is 1.77 bits per heavy atom. The Bertz CT molecular complexity index is 862. The highest BCUT2D eigenvalue weighted by Crippen LogP contribution is 2.35. The third-order valence-electron chi connectivity index (χ3n) is 4.87. The number of nitrogens with one attached hydrogen (secondary N) is 1. The number of carbonyl (C=O) groups excluding carboxylic acids is 1. The number of rotatable bonds is 6. The van der Waals surface area contributed by atoms with Crippen LogP contribution in [-0.2, 0) is 17.3 Å². The van der Waals surface area contributed by atoms with Crippen LogP contribution in [0.5, 0.6) is 0 Å². The SMILES string of the molecule is CC(C)NC(=O)N1CC(OC(Cc2ccccc2C(F)(F)F)c2ccc(F)cc2)C1. The van der Waals surface area contributed by atoms with Gasteiger partial charge in [-0.1, -0.05) is 30.3 Å². The predicted octanol–water partition coefficient (Wildman–Crippen LogP) is 4.95. The highest BCUT2D eigenvalue weighted by Gasteiger charge is 2.36. The summed E-state index contributed by atoms with van der Waals surface area (Å²) >= 11 is 0. The first-order chi connectivity index (χ1) is 14.1. The second kappa shape index (κ2) is 9.04. The van der Waals surface area contributed by atoms with E-state index >= 15 is 0 Å². The third kappa shape index (κ3) is 5.50. The number of nitrogens with zero attached hydrogens (tertiary/aromatic N) is 1. The van der Waals surface area contributed by atoms with Crippen LogP contribution in [-0.4, -0.2) is 36.2 Å². The van der Waals surface area contributed by atoms with Gasteiger partial charge in [0.1, 0.15) is 5.82 Å². The Balaban J connectivity index is 1.75. The molecule has 1 atom stereocenters. The van der Waals surface area contributed by atoms with Crippen molar-refractivity contribution in [1.82, 2.24) is 10.2 Å². The van der Waals surface area contributed by atoms with E-state index in [0.717, 1.165) is 6.07 Å². The van der Waals surface area contributed by atoms with Gasteiger partial charge in [-0.2, -0.15) is 13.2 Å². The zero-order valence-electron chi connectivity index (χ0n) is 16.7. The summed E-state index contributed by atoms with van der Waals surface area (Å²) in [5, 5.41) is 2.79. The lowest BCUT2D eigenvalue weighted by atomic mass is 9.96. The van der Waals surface area contributed by atoms with Gasteiger partial charge in [0.05, 0.1) is 30.9 Å². The normalized spacial score (nSPS) is 15.8. The Hall–Kier alpha value is -2.61. The van der Waals surface area contributed by atoms with Crippen molar-refractivity contribution in [3.8, 4) is 0 Å². The maximum atomic E-state index is 13.4. The first-order valence-corrected chi connectivity index (χ1v) is 9.75. The van der Waals surface area contributed by atoms with Crippen LogP contribution in [0.25, 0.3) is 0 Å². The van der Waals surface area contributed by atoms with E-state index in [1.807, 2.05) is 13.8 Å². The van der Waals surface area contributed by atoms with E-state index in [2.05, 4.69) is 5.32 Å². The van der Waals surface area contributed by atoms with Crippen molar-refractivity contribution in [2.24, 2.45) is 0 Å². The van der Waals surface area contributed by atoms with E-state index < -0.39 is 23.7 Å². The van der Waals surface area contributed by atoms with Crippen LogP contribution in [0.4, 0.5) is 22.4 Å². The van der Waals surface area contributed by atoms with E-state index in [4.69, 9.17) is 4.74 Å². The summed E-state index contributed by atoms with van der Waals surface area (Å²) < 4.78 is 59.6. The molecule has 0 saturated carbocycles. The predicted molar refractivity (Wildman–Crippen MR) is 104 cm³/mol. The van der Waals surface area contributed by atoms with Crippen molar-refractivity contribution in [1.29, 1.82) is 0 Å². The minimum absolute atomic E-state index is 0.00306. The van der Waals surface area contributed by atoms with Crippen LogP contribution in [0.3, 0.4) is 0 Å². The lowest BCUT2D eigenvalue weighted by molar-refractivity contribution is -0.138. The minimum atomic E-state index is -4.48. The molecule has 1 saturated heterocycles. The van der Waals surface area contributed by atoms with E-state index in [0.29, 0.717) is 18.7 Å². The van der Waals surface area contributed by atoms with Crippen molar-refractivity contribution in [2.75, 3.05) is 13.1 Å². The molecule has 2 amide bonds. The summed E-state index contributed by atoms with van der Waals surface area (Å²) in [5.74, 6) is -0.437. The van der Waals surface area contributed by atoms with Crippen LogP contribution in [0.2, 0.25) is 0 Å². The maximum absolute atomic E-state index is 13.4. The Labute approximate surface area is 172 Å². The highest BCUT2D eigenvalue weighted by molar-refractivity contribution is 5.75. The molecule has 0 bridgehead atoms. The van der Waals surface area contributed by atoms with Crippen LogP contribution in [0, 0.1) is 5.82 Å². The number of benzene rings is 2. The van der Waals surface area contributed by atoms with Gasteiger partial charge in [0, 0.05) is 12.5 Å². The summed E-state index contributed by atoms with van der Waals surface area (Å²) in [7, 11) is 0. The van der Waals surface area contributed by atoms with Crippen molar-refractivity contribution in [3.05, 3.63) is 71.0 Å². The van der Waals surface area contributed by atoms with Gasteiger partial charge in [0.25, 0.3) is 0 Å². The van der Waals surface area contributed by atoms with Crippen molar-refractivity contribution in [3.63, 3.8) is 0 Å². The van der Waals surface area contributed by atoms with Gasteiger partial charge in [0.2, 0.25) is 0 Å². The number of carbonyl (C=O) groups is 1. The molecule has 1 unspecified atom stereocenters. The Morgan fingerprint density at radius 1 is 1.13 bits per heavy atom. The monoisotopic (exact) mass is 424 g/mol. The lowest BCUT2D eigenvalue weighted by Crippen LogP contribution is -2.58. The number of ether oxygens (including phenoxy) is 1. The van der Waals surface area contributed by atoms with E-state index in [-0.39, 0.29) is 30.2 Å². The van der Waals surface area contributed by atoms with Crippen LogP contribution >= 0.6 is 0 Å². The molecule has 1 aliphatic rings. The van der Waals surface area contributed by atoms with E-state index in [1.165, 1.54) is 36.4 Å². The van der Waals surface area contributed by atoms with Gasteiger partial charge < -0.3 is 15.0 Å². The molecular formula is C22H24F4N2O2. The average Bonchev–Trinajstić information content (AvgIpc) is 2.63. The van der Waals surface area contributed by atoms with Crippen LogP contribution < -0.4 is 5.32 Å². The third-order valence-corrected chi connectivity index (χ3v) is 4.87. The topological polar surface area (TPSA) is 41.6 Å². The molecule has 1 N–H and O–H groups in total. The molecule has 30 heavy (non-hydrogen) atoms. The Morgan fingerprint density at radius 3 is 2.37 bits per heavy atom. The van der Waals surface area contributed by atoms with Gasteiger partial charge in [-0.15, -0.1) is 0 Å². The molecule has 0 aliphatic carbocycles. The van der Waals surface area contributed by atoms with Crippen molar-refractivity contribution >= 4 is 6.03 Å². The summed E-state index contributed by atoms with van der Waals surface area (Å²) in [6.45, 7) is 4.40. The molecule has 4 nitrogen and oxygen atoms in total. The largest absolute Gasteiger partial charge is 0.416 e. The van der Waals surface area contributed by atoms with E-state index in [1.54, 1.807) is 11.0 Å². The standard InChI is InChI=1S/C22H24F4N2O2/c1-14(2)27-21(29)28-12-18(13-28)30-20(15-7-9-17(23)10-8-15)11-16-5-3-4-6-19(16)22(24,25)26/h3-10,14,18,20H,11-13H2,1-2H3,(H,27,29). The summed E-state index contributed by atoms with van der Waals surface area (Å²) in [6, 6.07) is 10.7. The molecule has 162 valence electrons. The second-order valence-corrected chi connectivity index (χ2v) is 7.67. The number of hydrogen-bond donors (Lipinski definition) is 1. The van der Waals surface area contributed by atoms with Gasteiger partial charge in [-0.25, -0.2) is 9.18 Å². The molecule has 8 heteroatoms. The molecular weight excluding hydrogens is 400 g/mol. The van der Waals surface area contributed by atoms with Gasteiger partial charge in [-0.3, -0.25) is 0 Å². The van der Waals surface area contributed by atoms with Gasteiger partial charge in [0.15, 0.2) is 0 Å². The number of amides is 2. The first-order valence-electron chi connectivity index (χ1n) is 9.75. The fourth-order valence-corrected chi connectivity index (χ4v) is 3.36. The molecule has 0 spiro atoms. The fraction of sp³-hybridized carbons (Fsp3) is 0.409. The number of halogens is 4. The molecule has 0 radical (unpaired) electrons. The quantitative estimate of drug-likeness (QED) is 0.667. The van der Waals surface area contributed by atoms with Gasteiger partial charge >= 0.3 is 12.2 Å². The molecule has 1 heterocycles. The molecule has 1 aliphatic heterocycles. The number of hydrogen-bond acceptors (Lipinski definition) is 2. The van der Waals surface area contributed by atoms with E-state index in [9.17, 15) is 22.4 Å². The summed E-state index contributed by atoms with van der Waals surface area (Å²) in [6.07, 6.45) is -5.51. The second-order valence-electron chi connectivity index (χ2n) is 7.67. The maximum Gasteiger partial charge on any atom is 0.416 e. The number of urea groups is 1. The fourth-order valence-electron chi connectivity index (χ4n) is 3.36.